The zero-order chi connectivity index (χ0) is 10.4. The Morgan fingerprint density at radius 2 is 2.14 bits per heavy atom. The summed E-state index contributed by atoms with van der Waals surface area (Å²) in [6, 6.07) is 3.46. The molecule has 0 fully saturated rings. The Kier molecular flexibility index (Phi) is 4.94. The molecule has 0 aromatic carbocycles. The summed E-state index contributed by atoms with van der Waals surface area (Å²) < 4.78 is 5.79. The third-order valence-electron chi connectivity index (χ3n) is 2.11. The quantitative estimate of drug-likeness (QED) is 0.566. The number of carbonyl (C=O) groups is 1. The topological polar surface area (TPSA) is 30.2 Å². The highest BCUT2D eigenvalue weighted by molar-refractivity contribution is 9.10. The van der Waals surface area contributed by atoms with E-state index in [4.69, 9.17) is 4.42 Å². The van der Waals surface area contributed by atoms with E-state index in [-0.39, 0.29) is 5.78 Å². The Bertz CT molecular complexity index is 291. The van der Waals surface area contributed by atoms with Crippen molar-refractivity contribution >= 4 is 21.7 Å². The molecular weight excluding hydrogens is 244 g/mol. The van der Waals surface area contributed by atoms with E-state index in [1.54, 1.807) is 12.1 Å². The van der Waals surface area contributed by atoms with Crippen LogP contribution in [0.4, 0.5) is 0 Å². The van der Waals surface area contributed by atoms with Crippen molar-refractivity contribution in [2.24, 2.45) is 0 Å². The van der Waals surface area contributed by atoms with Crippen LogP contribution in [0.1, 0.15) is 49.6 Å². The van der Waals surface area contributed by atoms with E-state index in [1.807, 2.05) is 0 Å². The van der Waals surface area contributed by atoms with Crippen LogP contribution in [0.5, 0.6) is 0 Å². The highest BCUT2D eigenvalue weighted by Crippen LogP contribution is 2.16. The fourth-order valence-electron chi connectivity index (χ4n) is 1.30. The van der Waals surface area contributed by atoms with Gasteiger partial charge in [0, 0.05) is 6.42 Å². The molecule has 0 aliphatic carbocycles. The molecule has 0 atom stereocenters. The van der Waals surface area contributed by atoms with Gasteiger partial charge in [-0.3, -0.25) is 4.79 Å². The second kappa shape index (κ2) is 6.02. The minimum atomic E-state index is 0.104. The van der Waals surface area contributed by atoms with Crippen LogP contribution in [0.25, 0.3) is 0 Å². The van der Waals surface area contributed by atoms with Crippen LogP contribution in [0, 0.1) is 0 Å². The number of carbonyl (C=O) groups excluding carboxylic acids is 1. The van der Waals surface area contributed by atoms with Crippen LogP contribution in [0.15, 0.2) is 21.2 Å². The molecule has 1 aromatic heterocycles. The predicted octanol–water partition coefficient (Wildman–Crippen LogP) is 4.20. The second-order valence-corrected chi connectivity index (χ2v) is 4.12. The summed E-state index contributed by atoms with van der Waals surface area (Å²) in [5, 5.41) is 0. The molecule has 2 nitrogen and oxygen atoms in total. The van der Waals surface area contributed by atoms with Crippen LogP contribution < -0.4 is 0 Å². The number of hydrogen-bond donors (Lipinski definition) is 0. The summed E-state index contributed by atoms with van der Waals surface area (Å²) in [4.78, 5) is 11.5. The number of ketones is 1. The van der Waals surface area contributed by atoms with Gasteiger partial charge in [0.25, 0.3) is 0 Å². The average molecular weight is 259 g/mol. The first-order chi connectivity index (χ1) is 6.74. The standard InChI is InChI=1S/C11H15BrO2/c1-2-3-4-5-6-9(13)10-7-8-11(12)14-10/h7-8H,2-6H2,1H3. The maximum absolute atomic E-state index is 11.5. The summed E-state index contributed by atoms with van der Waals surface area (Å²) in [6.07, 6.45) is 5.09. The van der Waals surface area contributed by atoms with Gasteiger partial charge in [-0.1, -0.05) is 26.2 Å². The van der Waals surface area contributed by atoms with Crippen molar-refractivity contribution < 1.29 is 9.21 Å². The Hall–Kier alpha value is -0.570. The third kappa shape index (κ3) is 3.66. The monoisotopic (exact) mass is 258 g/mol. The highest BCUT2D eigenvalue weighted by Gasteiger charge is 2.09. The van der Waals surface area contributed by atoms with Crippen molar-refractivity contribution in [2.45, 2.75) is 39.0 Å². The van der Waals surface area contributed by atoms with E-state index in [0.717, 1.165) is 12.8 Å². The van der Waals surface area contributed by atoms with Crippen LogP contribution >= 0.6 is 15.9 Å². The molecule has 0 spiro atoms. The lowest BCUT2D eigenvalue weighted by Gasteiger charge is -1.97. The number of unbranched alkanes of at least 4 members (excludes halogenated alkanes) is 3. The summed E-state index contributed by atoms with van der Waals surface area (Å²) in [5.41, 5.74) is 0. The highest BCUT2D eigenvalue weighted by atomic mass is 79.9. The maximum atomic E-state index is 11.5. The van der Waals surface area contributed by atoms with Crippen molar-refractivity contribution in [3.8, 4) is 0 Å². The molecule has 0 unspecified atom stereocenters. The van der Waals surface area contributed by atoms with E-state index < -0.39 is 0 Å². The predicted molar refractivity (Wildman–Crippen MR) is 59.5 cm³/mol. The zero-order valence-electron chi connectivity index (χ0n) is 8.38. The minimum Gasteiger partial charge on any atom is -0.446 e. The first-order valence-electron chi connectivity index (χ1n) is 5.02. The lowest BCUT2D eigenvalue weighted by atomic mass is 10.1. The lowest BCUT2D eigenvalue weighted by Crippen LogP contribution is -1.96. The Morgan fingerprint density at radius 3 is 2.71 bits per heavy atom. The SMILES string of the molecule is CCCCCCC(=O)c1ccc(Br)o1. The van der Waals surface area contributed by atoms with Gasteiger partial charge in [0.05, 0.1) is 0 Å². The molecule has 0 radical (unpaired) electrons. The average Bonchev–Trinajstić information content (AvgIpc) is 2.59. The van der Waals surface area contributed by atoms with Gasteiger partial charge in [0.15, 0.2) is 16.2 Å². The summed E-state index contributed by atoms with van der Waals surface area (Å²) >= 11 is 3.17. The van der Waals surface area contributed by atoms with E-state index in [1.165, 1.54) is 12.8 Å². The van der Waals surface area contributed by atoms with Gasteiger partial charge in [0.1, 0.15) is 0 Å². The van der Waals surface area contributed by atoms with Gasteiger partial charge in [-0.05, 0) is 34.5 Å². The summed E-state index contributed by atoms with van der Waals surface area (Å²) in [6.45, 7) is 2.16. The number of Topliss-reactive ketones (excluding diaryl/α,β-unsaturated/α-hetero) is 1. The zero-order valence-corrected chi connectivity index (χ0v) is 9.97. The number of halogens is 1. The molecular formula is C11H15BrO2. The van der Waals surface area contributed by atoms with Crippen LogP contribution in [-0.4, -0.2) is 5.78 Å². The minimum absolute atomic E-state index is 0.104. The van der Waals surface area contributed by atoms with E-state index >= 15 is 0 Å². The van der Waals surface area contributed by atoms with E-state index in [0.29, 0.717) is 16.9 Å². The lowest BCUT2D eigenvalue weighted by molar-refractivity contribution is 0.0951. The molecule has 0 saturated heterocycles. The van der Waals surface area contributed by atoms with Gasteiger partial charge >= 0.3 is 0 Å². The molecule has 1 rings (SSSR count). The fraction of sp³-hybridized carbons (Fsp3) is 0.545. The molecule has 0 aliphatic heterocycles. The largest absolute Gasteiger partial charge is 0.446 e. The van der Waals surface area contributed by atoms with Crippen LogP contribution in [-0.2, 0) is 0 Å². The molecule has 3 heteroatoms. The molecule has 0 saturated carbocycles. The molecule has 1 heterocycles. The summed E-state index contributed by atoms with van der Waals surface area (Å²) in [5.74, 6) is 0.570. The van der Waals surface area contributed by atoms with Crippen LogP contribution in [0.2, 0.25) is 0 Å². The Morgan fingerprint density at radius 1 is 1.36 bits per heavy atom. The molecule has 78 valence electrons. The van der Waals surface area contributed by atoms with Crippen molar-refractivity contribution in [1.82, 2.24) is 0 Å². The van der Waals surface area contributed by atoms with Crippen molar-refractivity contribution in [3.05, 3.63) is 22.6 Å². The van der Waals surface area contributed by atoms with Gasteiger partial charge in [0.2, 0.25) is 0 Å². The smallest absolute Gasteiger partial charge is 0.198 e. The van der Waals surface area contributed by atoms with Crippen molar-refractivity contribution in [3.63, 3.8) is 0 Å². The van der Waals surface area contributed by atoms with Gasteiger partial charge < -0.3 is 4.42 Å². The summed E-state index contributed by atoms with van der Waals surface area (Å²) in [7, 11) is 0. The fourth-order valence-corrected chi connectivity index (χ4v) is 1.61. The Labute approximate surface area is 92.8 Å². The third-order valence-corrected chi connectivity index (χ3v) is 2.53. The molecule has 0 bridgehead atoms. The molecule has 1 aromatic rings. The number of hydrogen-bond acceptors (Lipinski definition) is 2. The molecule has 0 amide bonds. The first kappa shape index (κ1) is 11.5. The van der Waals surface area contributed by atoms with Gasteiger partial charge in [-0.15, -0.1) is 0 Å². The van der Waals surface area contributed by atoms with Crippen LogP contribution in [0.3, 0.4) is 0 Å². The molecule has 14 heavy (non-hydrogen) atoms. The number of rotatable bonds is 6. The number of furan rings is 1. The van der Waals surface area contributed by atoms with Gasteiger partial charge in [-0.2, -0.15) is 0 Å². The van der Waals surface area contributed by atoms with E-state index in [2.05, 4.69) is 22.9 Å². The van der Waals surface area contributed by atoms with Crippen molar-refractivity contribution in [1.29, 1.82) is 0 Å². The second-order valence-electron chi connectivity index (χ2n) is 3.34. The first-order valence-corrected chi connectivity index (χ1v) is 5.82. The molecule has 0 N–H and O–H groups in total. The van der Waals surface area contributed by atoms with Crippen molar-refractivity contribution in [2.75, 3.05) is 0 Å². The normalized spacial score (nSPS) is 10.4. The van der Waals surface area contributed by atoms with Gasteiger partial charge in [-0.25, -0.2) is 0 Å². The Balaban J connectivity index is 2.29. The van der Waals surface area contributed by atoms with E-state index in [9.17, 15) is 4.79 Å². The maximum Gasteiger partial charge on any atom is 0.198 e. The molecule has 0 aliphatic rings.